The van der Waals surface area contributed by atoms with E-state index in [1.54, 1.807) is 24.3 Å². The third-order valence-corrected chi connectivity index (χ3v) is 5.85. The van der Waals surface area contributed by atoms with Gasteiger partial charge in [-0.1, -0.05) is 23.7 Å². The molecule has 33 heavy (non-hydrogen) atoms. The summed E-state index contributed by atoms with van der Waals surface area (Å²) in [6.45, 7) is 1.49. The molecule has 3 N–H and O–H groups in total. The first kappa shape index (κ1) is 22.8. The molecule has 0 aliphatic rings. The Morgan fingerprint density at radius 3 is 2.67 bits per heavy atom. The predicted molar refractivity (Wildman–Crippen MR) is 123 cm³/mol. The lowest BCUT2D eigenvalue weighted by molar-refractivity contribution is 0.221. The van der Waals surface area contributed by atoms with Crippen molar-refractivity contribution in [2.45, 2.75) is 13.0 Å². The average molecular weight is 494 g/mol. The van der Waals surface area contributed by atoms with E-state index in [-0.39, 0.29) is 22.7 Å². The molecule has 172 valence electrons. The van der Waals surface area contributed by atoms with Crippen molar-refractivity contribution in [3.05, 3.63) is 71.1 Å². The molecule has 4 rings (SSSR count). The van der Waals surface area contributed by atoms with Gasteiger partial charge in [-0.15, -0.1) is 0 Å². The van der Waals surface area contributed by atoms with Gasteiger partial charge in [-0.3, -0.25) is 4.72 Å². The number of nitrogens with one attached hydrogen (secondary N) is 1. The number of nitrogen functional groups attached to an aromatic ring is 1. The number of aromatic nitrogens is 1. The molecular weight excluding hydrogens is 476 g/mol. The molecule has 2 heterocycles. The largest absolute Gasteiger partial charge is 0.478 e. The number of pyridine rings is 1. The normalized spacial score (nSPS) is 12.6. The summed E-state index contributed by atoms with van der Waals surface area (Å²) in [6, 6.07) is 8.57. The molecule has 0 saturated heterocycles. The van der Waals surface area contributed by atoms with Gasteiger partial charge in [0, 0.05) is 23.0 Å². The predicted octanol–water partition coefficient (Wildman–Crippen LogP) is 5.52. The number of halogens is 3. The molecule has 0 spiro atoms. The quantitative estimate of drug-likeness (QED) is 0.342. The zero-order valence-electron chi connectivity index (χ0n) is 17.4. The van der Waals surface area contributed by atoms with Gasteiger partial charge in [0.2, 0.25) is 15.8 Å². The molecule has 2 aromatic heterocycles. The molecule has 2 aromatic carbocycles. The first-order valence-electron chi connectivity index (χ1n) is 9.59. The first-order chi connectivity index (χ1) is 15.5. The zero-order valence-corrected chi connectivity index (χ0v) is 19.0. The van der Waals surface area contributed by atoms with Crippen LogP contribution in [0.15, 0.2) is 53.3 Å². The number of sulfonamides is 1. The number of ether oxygens (including phenoxy) is 1. The molecular formula is C22H18ClF2N3O4S. The number of nitrogens with two attached hydrogens (primary N) is 1. The Bertz CT molecular complexity index is 1470. The highest BCUT2D eigenvalue weighted by atomic mass is 35.5. The molecule has 0 fully saturated rings. The van der Waals surface area contributed by atoms with E-state index in [1.807, 2.05) is 0 Å². The standard InChI is InChI=1S/C22H18ClF2N3O4S/c1-11(18-16(24)6-7-17(25)19(18)23)32-21-20-14(9-27-22(21)26)15(10-31-20)12-4-3-5-13(8-12)28-33(2,29)30/h3-11,28H,1-2H3,(H2,26,27). The number of benzene rings is 2. The lowest BCUT2D eigenvalue weighted by atomic mass is 10.1. The average Bonchev–Trinajstić information content (AvgIpc) is 3.16. The summed E-state index contributed by atoms with van der Waals surface area (Å²) in [6.07, 6.45) is 2.96. The highest BCUT2D eigenvalue weighted by molar-refractivity contribution is 7.92. The third-order valence-electron chi connectivity index (χ3n) is 4.86. The Labute approximate surface area is 193 Å². The Balaban J connectivity index is 1.75. The van der Waals surface area contributed by atoms with Crippen LogP contribution in [0, 0.1) is 11.6 Å². The number of furan rings is 1. The van der Waals surface area contributed by atoms with Crippen molar-refractivity contribution in [2.75, 3.05) is 16.7 Å². The molecule has 0 aliphatic heterocycles. The second kappa shape index (κ2) is 8.53. The Kier molecular flexibility index (Phi) is 5.89. The van der Waals surface area contributed by atoms with E-state index in [0.29, 0.717) is 22.2 Å². The van der Waals surface area contributed by atoms with Gasteiger partial charge in [0.25, 0.3) is 0 Å². The maximum absolute atomic E-state index is 14.3. The lowest BCUT2D eigenvalue weighted by Crippen LogP contribution is -2.09. The van der Waals surface area contributed by atoms with Crippen LogP contribution >= 0.6 is 11.6 Å². The molecule has 0 aliphatic carbocycles. The minimum Gasteiger partial charge on any atom is -0.478 e. The fourth-order valence-corrected chi connectivity index (χ4v) is 4.30. The van der Waals surface area contributed by atoms with Gasteiger partial charge in [0.05, 0.1) is 22.9 Å². The van der Waals surface area contributed by atoms with Crippen LogP contribution in [-0.2, 0) is 10.0 Å². The third kappa shape index (κ3) is 4.57. The summed E-state index contributed by atoms with van der Waals surface area (Å²) < 4.78 is 65.2. The van der Waals surface area contributed by atoms with Gasteiger partial charge in [0.15, 0.2) is 11.4 Å². The van der Waals surface area contributed by atoms with Crippen LogP contribution in [0.2, 0.25) is 5.02 Å². The Hall–Kier alpha value is -3.37. The highest BCUT2D eigenvalue weighted by Gasteiger charge is 2.24. The van der Waals surface area contributed by atoms with Crippen LogP contribution in [0.25, 0.3) is 22.1 Å². The van der Waals surface area contributed by atoms with E-state index in [1.165, 1.54) is 19.4 Å². The van der Waals surface area contributed by atoms with Crippen molar-refractivity contribution in [1.29, 1.82) is 0 Å². The number of nitrogens with zero attached hydrogens (tertiary/aromatic N) is 1. The van der Waals surface area contributed by atoms with Crippen LogP contribution in [0.4, 0.5) is 20.3 Å². The van der Waals surface area contributed by atoms with Crippen molar-refractivity contribution < 1.29 is 26.4 Å². The number of hydrogen-bond acceptors (Lipinski definition) is 6. The topological polar surface area (TPSA) is 107 Å². The first-order valence-corrected chi connectivity index (χ1v) is 11.9. The van der Waals surface area contributed by atoms with Gasteiger partial charge < -0.3 is 14.9 Å². The van der Waals surface area contributed by atoms with E-state index in [4.69, 9.17) is 26.5 Å². The van der Waals surface area contributed by atoms with E-state index in [0.717, 1.165) is 18.4 Å². The monoisotopic (exact) mass is 493 g/mol. The number of hydrogen-bond donors (Lipinski definition) is 2. The fraction of sp³-hybridized carbons (Fsp3) is 0.136. The second-order valence-corrected chi connectivity index (χ2v) is 9.46. The zero-order chi connectivity index (χ0) is 23.9. The van der Waals surface area contributed by atoms with Crippen molar-refractivity contribution in [1.82, 2.24) is 4.98 Å². The Morgan fingerprint density at radius 2 is 1.94 bits per heavy atom. The number of fused-ring (bicyclic) bond motifs is 1. The van der Waals surface area contributed by atoms with Crippen molar-refractivity contribution in [3.8, 4) is 16.9 Å². The maximum atomic E-state index is 14.3. The van der Waals surface area contributed by atoms with Crippen molar-refractivity contribution in [3.63, 3.8) is 0 Å². The molecule has 0 saturated carbocycles. The SMILES string of the molecule is CC(Oc1c(N)ncc2c(-c3cccc(NS(C)(=O)=O)c3)coc12)c1c(F)ccc(F)c1Cl. The van der Waals surface area contributed by atoms with Crippen molar-refractivity contribution >= 4 is 44.1 Å². The van der Waals surface area contributed by atoms with Gasteiger partial charge in [-0.25, -0.2) is 22.2 Å². The molecule has 0 radical (unpaired) electrons. The van der Waals surface area contributed by atoms with Crippen molar-refractivity contribution in [2.24, 2.45) is 0 Å². The molecule has 0 amide bonds. The minimum absolute atomic E-state index is 0.0179. The van der Waals surface area contributed by atoms with Crippen LogP contribution in [-0.4, -0.2) is 19.7 Å². The summed E-state index contributed by atoms with van der Waals surface area (Å²) in [5.41, 5.74) is 7.67. The summed E-state index contributed by atoms with van der Waals surface area (Å²) in [4.78, 5) is 4.14. The minimum atomic E-state index is -3.46. The summed E-state index contributed by atoms with van der Waals surface area (Å²) >= 11 is 5.95. The maximum Gasteiger partial charge on any atom is 0.229 e. The summed E-state index contributed by atoms with van der Waals surface area (Å²) in [5, 5.41) is 0.130. The van der Waals surface area contributed by atoms with Crippen LogP contribution < -0.4 is 15.2 Å². The molecule has 11 heteroatoms. The van der Waals surface area contributed by atoms with E-state index in [2.05, 4.69) is 9.71 Å². The fourth-order valence-electron chi connectivity index (χ4n) is 3.43. The van der Waals surface area contributed by atoms with Gasteiger partial charge >= 0.3 is 0 Å². The second-order valence-electron chi connectivity index (χ2n) is 7.34. The summed E-state index contributed by atoms with van der Waals surface area (Å²) in [7, 11) is -3.46. The number of anilines is 2. The molecule has 7 nitrogen and oxygen atoms in total. The van der Waals surface area contributed by atoms with Gasteiger partial charge in [-0.05, 0) is 36.8 Å². The van der Waals surface area contributed by atoms with Gasteiger partial charge in [0.1, 0.15) is 17.7 Å². The molecule has 0 bridgehead atoms. The Morgan fingerprint density at radius 1 is 1.21 bits per heavy atom. The molecule has 1 atom stereocenters. The van der Waals surface area contributed by atoms with E-state index >= 15 is 0 Å². The van der Waals surface area contributed by atoms with Gasteiger partial charge in [-0.2, -0.15) is 0 Å². The smallest absolute Gasteiger partial charge is 0.229 e. The van der Waals surface area contributed by atoms with Crippen LogP contribution in [0.1, 0.15) is 18.6 Å². The van der Waals surface area contributed by atoms with Crippen LogP contribution in [0.5, 0.6) is 5.75 Å². The summed E-state index contributed by atoms with van der Waals surface area (Å²) in [5.74, 6) is -1.49. The van der Waals surface area contributed by atoms with E-state index in [9.17, 15) is 17.2 Å². The molecule has 1 unspecified atom stereocenters. The molecule has 4 aromatic rings. The number of rotatable bonds is 6. The van der Waals surface area contributed by atoms with E-state index < -0.39 is 32.8 Å². The highest BCUT2D eigenvalue weighted by Crippen LogP contribution is 2.41. The lowest BCUT2D eigenvalue weighted by Gasteiger charge is -2.18. The van der Waals surface area contributed by atoms with Crippen LogP contribution in [0.3, 0.4) is 0 Å².